The first kappa shape index (κ1) is 28.0. The van der Waals surface area contributed by atoms with Gasteiger partial charge in [-0.15, -0.1) is 0 Å². The minimum absolute atomic E-state index is 0.198. The first-order valence-electron chi connectivity index (χ1n) is 12.3. The molecule has 1 heterocycles. The lowest BCUT2D eigenvalue weighted by atomic mass is 10.2. The lowest BCUT2D eigenvalue weighted by Gasteiger charge is -2.23. The van der Waals surface area contributed by atoms with Gasteiger partial charge in [0, 0.05) is 31.7 Å². The van der Waals surface area contributed by atoms with E-state index in [-0.39, 0.29) is 10.8 Å². The van der Waals surface area contributed by atoms with Gasteiger partial charge < -0.3 is 9.64 Å². The molecule has 0 aliphatic carbocycles. The highest BCUT2D eigenvalue weighted by atomic mass is 32.2. The Morgan fingerprint density at radius 1 is 0.944 bits per heavy atom. The van der Waals surface area contributed by atoms with Gasteiger partial charge in [-0.2, -0.15) is 4.31 Å². The van der Waals surface area contributed by atoms with Crippen LogP contribution in [0.25, 0.3) is 10.2 Å². The zero-order chi connectivity index (χ0) is 26.3. The predicted octanol–water partition coefficient (Wildman–Crippen LogP) is 4.71. The second-order valence-corrected chi connectivity index (χ2v) is 11.7. The standard InChI is InChI=1S/C26H36N4O4S2/c1-6-15-29(16-7-2)36(32,33)22-12-9-20(10-13-22)25(31)30(18-17-28(4)5)26-27-23-14-11-21(34-8-3)19-24(23)35-26/h9-14,19H,6-8,15-18H2,1-5H3. The number of aromatic nitrogens is 1. The zero-order valence-corrected chi connectivity index (χ0v) is 23.4. The number of sulfonamides is 1. The van der Waals surface area contributed by atoms with Gasteiger partial charge in [0.25, 0.3) is 5.91 Å². The molecule has 0 atom stereocenters. The van der Waals surface area contributed by atoms with Crippen molar-refractivity contribution in [3.8, 4) is 5.75 Å². The SMILES string of the molecule is CCCN(CCC)S(=O)(=O)c1ccc(C(=O)N(CCN(C)C)c2nc3ccc(OCC)cc3s2)cc1. The molecule has 1 aromatic heterocycles. The van der Waals surface area contributed by atoms with Crippen LogP contribution in [-0.4, -0.2) is 75.4 Å². The van der Waals surface area contributed by atoms with Crippen molar-refractivity contribution in [3.63, 3.8) is 0 Å². The molecule has 0 bridgehead atoms. The number of hydrogen-bond donors (Lipinski definition) is 0. The van der Waals surface area contributed by atoms with Crippen molar-refractivity contribution in [2.45, 2.75) is 38.5 Å². The van der Waals surface area contributed by atoms with Gasteiger partial charge in [-0.05, 0) is 76.3 Å². The molecule has 0 fully saturated rings. The van der Waals surface area contributed by atoms with E-state index in [1.807, 2.05) is 58.0 Å². The second-order valence-electron chi connectivity index (χ2n) is 8.75. The number of nitrogens with zero attached hydrogens (tertiary/aromatic N) is 4. The Kier molecular flexibility index (Phi) is 9.84. The number of anilines is 1. The molecule has 0 spiro atoms. The maximum atomic E-state index is 13.6. The van der Waals surface area contributed by atoms with Gasteiger partial charge in [-0.1, -0.05) is 25.2 Å². The number of thiazole rings is 1. The first-order chi connectivity index (χ1) is 17.2. The molecular formula is C26H36N4O4S2. The molecule has 196 valence electrons. The van der Waals surface area contributed by atoms with Crippen LogP contribution in [0.3, 0.4) is 0 Å². The lowest BCUT2D eigenvalue weighted by molar-refractivity contribution is 0.0985. The molecule has 0 aliphatic heterocycles. The Bertz CT molecular complexity index is 1250. The van der Waals surface area contributed by atoms with Crippen LogP contribution in [0.5, 0.6) is 5.75 Å². The second kappa shape index (κ2) is 12.6. The fourth-order valence-corrected chi connectivity index (χ4v) is 6.42. The van der Waals surface area contributed by atoms with Crippen LogP contribution >= 0.6 is 11.3 Å². The average molecular weight is 533 g/mol. The van der Waals surface area contributed by atoms with E-state index in [1.165, 1.54) is 27.8 Å². The van der Waals surface area contributed by atoms with Crippen molar-refractivity contribution >= 4 is 42.6 Å². The maximum absolute atomic E-state index is 13.6. The lowest BCUT2D eigenvalue weighted by Crippen LogP contribution is -2.36. The van der Waals surface area contributed by atoms with Gasteiger partial charge >= 0.3 is 0 Å². The Labute approximate surface area is 218 Å². The molecular weight excluding hydrogens is 496 g/mol. The minimum atomic E-state index is -3.61. The molecule has 10 heteroatoms. The number of likely N-dealkylation sites (N-methyl/N-ethyl adjacent to an activating group) is 1. The third-order valence-electron chi connectivity index (χ3n) is 5.59. The number of carbonyl (C=O) groups is 1. The Morgan fingerprint density at radius 3 is 2.19 bits per heavy atom. The molecule has 0 unspecified atom stereocenters. The van der Waals surface area contributed by atoms with Crippen LogP contribution in [0.15, 0.2) is 47.4 Å². The van der Waals surface area contributed by atoms with Gasteiger partial charge in [0.05, 0.1) is 21.7 Å². The average Bonchev–Trinajstić information content (AvgIpc) is 3.27. The summed E-state index contributed by atoms with van der Waals surface area (Å²) in [4.78, 5) is 22.2. The summed E-state index contributed by atoms with van der Waals surface area (Å²) < 4.78 is 34.3. The van der Waals surface area contributed by atoms with Gasteiger partial charge in [0.1, 0.15) is 5.75 Å². The van der Waals surface area contributed by atoms with Crippen molar-refractivity contribution in [3.05, 3.63) is 48.0 Å². The molecule has 1 amide bonds. The maximum Gasteiger partial charge on any atom is 0.260 e. The number of rotatable bonds is 13. The highest BCUT2D eigenvalue weighted by Gasteiger charge is 2.25. The van der Waals surface area contributed by atoms with E-state index in [4.69, 9.17) is 9.72 Å². The van der Waals surface area contributed by atoms with Crippen molar-refractivity contribution in [2.75, 3.05) is 51.8 Å². The quantitative estimate of drug-likeness (QED) is 0.317. The van der Waals surface area contributed by atoms with Crippen LogP contribution < -0.4 is 9.64 Å². The summed E-state index contributed by atoms with van der Waals surface area (Å²) in [6, 6.07) is 11.9. The summed E-state index contributed by atoms with van der Waals surface area (Å²) in [6.07, 6.45) is 1.48. The third-order valence-corrected chi connectivity index (χ3v) is 8.55. The Morgan fingerprint density at radius 2 is 1.61 bits per heavy atom. The minimum Gasteiger partial charge on any atom is -0.494 e. The van der Waals surface area contributed by atoms with E-state index in [9.17, 15) is 13.2 Å². The summed E-state index contributed by atoms with van der Waals surface area (Å²) in [5.41, 5.74) is 1.22. The third kappa shape index (κ3) is 6.61. The topological polar surface area (TPSA) is 83.1 Å². The van der Waals surface area contributed by atoms with Crippen molar-refractivity contribution < 1.29 is 17.9 Å². The molecule has 0 saturated carbocycles. The van der Waals surface area contributed by atoms with Crippen LogP contribution in [0.2, 0.25) is 0 Å². The molecule has 2 aromatic carbocycles. The number of ether oxygens (including phenoxy) is 1. The number of hydrogen-bond acceptors (Lipinski definition) is 7. The van der Waals surface area contributed by atoms with E-state index in [0.717, 1.165) is 28.8 Å². The van der Waals surface area contributed by atoms with E-state index in [2.05, 4.69) is 0 Å². The van der Waals surface area contributed by atoms with Gasteiger partial charge in [-0.25, -0.2) is 13.4 Å². The smallest absolute Gasteiger partial charge is 0.260 e. The van der Waals surface area contributed by atoms with E-state index < -0.39 is 10.0 Å². The van der Waals surface area contributed by atoms with Crippen LogP contribution in [0, 0.1) is 0 Å². The van der Waals surface area contributed by atoms with Crippen LogP contribution in [0.4, 0.5) is 5.13 Å². The fraction of sp³-hybridized carbons (Fsp3) is 0.462. The van der Waals surface area contributed by atoms with Gasteiger partial charge in [0.15, 0.2) is 5.13 Å². The van der Waals surface area contributed by atoms with E-state index >= 15 is 0 Å². The summed E-state index contributed by atoms with van der Waals surface area (Å²) in [7, 11) is 0.295. The molecule has 0 saturated heterocycles. The summed E-state index contributed by atoms with van der Waals surface area (Å²) in [6.45, 7) is 8.47. The summed E-state index contributed by atoms with van der Waals surface area (Å²) >= 11 is 1.44. The Balaban J connectivity index is 1.91. The van der Waals surface area contributed by atoms with Gasteiger partial charge in [-0.3, -0.25) is 9.69 Å². The number of carbonyl (C=O) groups excluding carboxylic acids is 1. The normalized spacial score (nSPS) is 12.0. The van der Waals surface area contributed by atoms with Crippen LogP contribution in [-0.2, 0) is 10.0 Å². The molecule has 36 heavy (non-hydrogen) atoms. The molecule has 8 nitrogen and oxygen atoms in total. The molecule has 3 aromatic rings. The molecule has 3 rings (SSSR count). The van der Waals surface area contributed by atoms with Crippen molar-refractivity contribution in [2.24, 2.45) is 0 Å². The largest absolute Gasteiger partial charge is 0.494 e. The van der Waals surface area contributed by atoms with Crippen LogP contribution in [0.1, 0.15) is 44.0 Å². The van der Waals surface area contributed by atoms with Gasteiger partial charge in [0.2, 0.25) is 10.0 Å². The summed E-state index contributed by atoms with van der Waals surface area (Å²) in [5, 5.41) is 0.597. The fourth-order valence-electron chi connectivity index (χ4n) is 3.77. The Hall–Kier alpha value is -2.53. The van der Waals surface area contributed by atoms with Crippen molar-refractivity contribution in [1.82, 2.24) is 14.2 Å². The monoisotopic (exact) mass is 532 g/mol. The van der Waals surface area contributed by atoms with E-state index in [1.54, 1.807) is 17.0 Å². The molecule has 0 aliphatic rings. The van der Waals surface area contributed by atoms with Crippen molar-refractivity contribution in [1.29, 1.82) is 0 Å². The highest BCUT2D eigenvalue weighted by molar-refractivity contribution is 7.89. The number of benzene rings is 2. The zero-order valence-electron chi connectivity index (χ0n) is 21.7. The summed E-state index contributed by atoms with van der Waals surface area (Å²) in [5.74, 6) is 0.548. The molecule has 0 radical (unpaired) electrons. The van der Waals surface area contributed by atoms with E-state index in [0.29, 0.717) is 43.5 Å². The first-order valence-corrected chi connectivity index (χ1v) is 14.6. The number of fused-ring (bicyclic) bond motifs is 1. The highest BCUT2D eigenvalue weighted by Crippen LogP contribution is 2.32. The predicted molar refractivity (Wildman–Crippen MR) is 147 cm³/mol. The molecule has 0 N–H and O–H groups in total. The number of amides is 1.